The molecule has 0 saturated carbocycles. The van der Waals surface area contributed by atoms with E-state index in [1.165, 1.54) is 6.92 Å². The second kappa shape index (κ2) is 7.63. The van der Waals surface area contributed by atoms with Gasteiger partial charge in [0.2, 0.25) is 11.8 Å². The van der Waals surface area contributed by atoms with E-state index in [4.69, 9.17) is 5.73 Å². The van der Waals surface area contributed by atoms with Crippen LogP contribution in [0.5, 0.6) is 0 Å². The molecule has 16 heavy (non-hydrogen) atoms. The van der Waals surface area contributed by atoms with E-state index in [0.717, 1.165) is 6.42 Å². The molecule has 0 saturated heterocycles. The fourth-order valence-electron chi connectivity index (χ4n) is 0.895. The first-order valence-electron chi connectivity index (χ1n) is 5.07. The summed E-state index contributed by atoms with van der Waals surface area (Å²) >= 11 is 0. The summed E-state index contributed by atoms with van der Waals surface area (Å²) in [6, 6.07) is -1.56. The highest BCUT2D eigenvalue weighted by molar-refractivity contribution is 5.96. The van der Waals surface area contributed by atoms with Crippen LogP contribution >= 0.6 is 0 Å². The van der Waals surface area contributed by atoms with Gasteiger partial charge in [-0.15, -0.1) is 0 Å². The normalized spacial score (nSPS) is 11.6. The van der Waals surface area contributed by atoms with Gasteiger partial charge in [-0.05, 0) is 13.3 Å². The molecule has 0 radical (unpaired) electrons. The van der Waals surface area contributed by atoms with Crippen molar-refractivity contribution in [1.82, 2.24) is 16.0 Å². The lowest BCUT2D eigenvalue weighted by atomic mass is 10.3. The lowest BCUT2D eigenvalue weighted by Gasteiger charge is -2.12. The molecule has 0 aromatic heterocycles. The molecule has 0 spiro atoms. The van der Waals surface area contributed by atoms with Gasteiger partial charge in [-0.2, -0.15) is 0 Å². The molecule has 7 nitrogen and oxygen atoms in total. The van der Waals surface area contributed by atoms with E-state index in [0.29, 0.717) is 6.54 Å². The smallest absolute Gasteiger partial charge is 0.318 e. The summed E-state index contributed by atoms with van der Waals surface area (Å²) < 4.78 is 0. The molecule has 0 aromatic rings. The SMILES string of the molecule is CCCNC(=O)CNC(C)C(=O)NC(N)=O. The maximum absolute atomic E-state index is 11.2. The highest BCUT2D eigenvalue weighted by atomic mass is 16.2. The number of hydrogen-bond acceptors (Lipinski definition) is 4. The van der Waals surface area contributed by atoms with Gasteiger partial charge in [-0.3, -0.25) is 20.2 Å². The zero-order valence-corrected chi connectivity index (χ0v) is 9.50. The van der Waals surface area contributed by atoms with Crippen LogP contribution in [0.4, 0.5) is 4.79 Å². The van der Waals surface area contributed by atoms with Crippen LogP contribution in [0.15, 0.2) is 0 Å². The van der Waals surface area contributed by atoms with Gasteiger partial charge in [0.05, 0.1) is 12.6 Å². The number of urea groups is 1. The number of carbonyl (C=O) groups excluding carboxylic acids is 3. The van der Waals surface area contributed by atoms with Gasteiger partial charge in [-0.25, -0.2) is 4.79 Å². The van der Waals surface area contributed by atoms with Crippen molar-refractivity contribution in [3.05, 3.63) is 0 Å². The molecular weight excluding hydrogens is 212 g/mol. The van der Waals surface area contributed by atoms with Crippen LogP contribution in [0.25, 0.3) is 0 Å². The lowest BCUT2D eigenvalue weighted by Crippen LogP contribution is -2.48. The number of nitrogens with one attached hydrogen (secondary N) is 3. The monoisotopic (exact) mass is 230 g/mol. The minimum atomic E-state index is -0.908. The van der Waals surface area contributed by atoms with Crippen LogP contribution in [0, 0.1) is 0 Å². The molecule has 0 aromatic carbocycles. The quantitative estimate of drug-likeness (QED) is 0.453. The number of primary amides is 1. The molecule has 5 N–H and O–H groups in total. The van der Waals surface area contributed by atoms with E-state index < -0.39 is 18.0 Å². The summed E-state index contributed by atoms with van der Waals surface area (Å²) in [6.45, 7) is 4.09. The van der Waals surface area contributed by atoms with E-state index in [2.05, 4.69) is 10.6 Å². The molecular formula is C9H18N4O3. The molecule has 0 fully saturated rings. The predicted molar refractivity (Wildman–Crippen MR) is 58.5 cm³/mol. The van der Waals surface area contributed by atoms with Gasteiger partial charge >= 0.3 is 6.03 Å². The van der Waals surface area contributed by atoms with Gasteiger partial charge in [0.15, 0.2) is 0 Å². The first-order valence-corrected chi connectivity index (χ1v) is 5.07. The fourth-order valence-corrected chi connectivity index (χ4v) is 0.895. The standard InChI is InChI=1S/C9H18N4O3/c1-3-4-11-7(14)5-12-6(2)8(15)13-9(10)16/h6,12H,3-5H2,1-2H3,(H,11,14)(H3,10,13,15,16). The third-order valence-corrected chi connectivity index (χ3v) is 1.78. The molecule has 0 rings (SSSR count). The van der Waals surface area contributed by atoms with Crippen LogP contribution in [-0.2, 0) is 9.59 Å². The largest absolute Gasteiger partial charge is 0.355 e. The summed E-state index contributed by atoms with van der Waals surface area (Å²) in [5.74, 6) is -0.753. The van der Waals surface area contributed by atoms with Crippen molar-refractivity contribution in [3.8, 4) is 0 Å². The zero-order chi connectivity index (χ0) is 12.6. The first-order chi connectivity index (χ1) is 7.47. The summed E-state index contributed by atoms with van der Waals surface area (Å²) in [5, 5.41) is 7.22. The van der Waals surface area contributed by atoms with Crippen molar-refractivity contribution in [2.45, 2.75) is 26.3 Å². The number of carbonyl (C=O) groups is 3. The second-order valence-electron chi connectivity index (χ2n) is 3.31. The van der Waals surface area contributed by atoms with E-state index in [1.807, 2.05) is 12.2 Å². The average Bonchev–Trinajstić information content (AvgIpc) is 2.21. The first kappa shape index (κ1) is 14.4. The minimum Gasteiger partial charge on any atom is -0.355 e. The van der Waals surface area contributed by atoms with Gasteiger partial charge in [0.1, 0.15) is 0 Å². The molecule has 0 aliphatic heterocycles. The second-order valence-corrected chi connectivity index (χ2v) is 3.31. The number of rotatable bonds is 6. The summed E-state index contributed by atoms with van der Waals surface area (Å²) in [6.07, 6.45) is 0.851. The molecule has 0 aliphatic rings. The van der Waals surface area contributed by atoms with Crippen molar-refractivity contribution in [1.29, 1.82) is 0 Å². The van der Waals surface area contributed by atoms with Gasteiger partial charge < -0.3 is 11.1 Å². The Morgan fingerprint density at radius 2 is 1.94 bits per heavy atom. The van der Waals surface area contributed by atoms with Crippen molar-refractivity contribution < 1.29 is 14.4 Å². The Labute approximate surface area is 94.1 Å². The average molecular weight is 230 g/mol. The third-order valence-electron chi connectivity index (χ3n) is 1.78. The van der Waals surface area contributed by atoms with Gasteiger partial charge in [-0.1, -0.05) is 6.92 Å². The third kappa shape index (κ3) is 6.77. The Balaban J connectivity index is 3.79. The van der Waals surface area contributed by atoms with Crippen LogP contribution in [0.3, 0.4) is 0 Å². The van der Waals surface area contributed by atoms with E-state index in [9.17, 15) is 14.4 Å². The number of hydrogen-bond donors (Lipinski definition) is 4. The molecule has 92 valence electrons. The van der Waals surface area contributed by atoms with Crippen molar-refractivity contribution in [3.63, 3.8) is 0 Å². The predicted octanol–water partition coefficient (Wildman–Crippen LogP) is -1.31. The van der Waals surface area contributed by atoms with E-state index in [1.54, 1.807) is 0 Å². The van der Waals surface area contributed by atoms with Crippen molar-refractivity contribution in [2.75, 3.05) is 13.1 Å². The van der Waals surface area contributed by atoms with Crippen LogP contribution in [0.2, 0.25) is 0 Å². The van der Waals surface area contributed by atoms with Gasteiger partial charge in [0, 0.05) is 6.54 Å². The Hall–Kier alpha value is -1.63. The Bertz CT molecular complexity index is 267. The number of amides is 4. The molecule has 0 aliphatic carbocycles. The summed E-state index contributed by atoms with van der Waals surface area (Å²) in [4.78, 5) is 32.7. The Kier molecular flexibility index (Phi) is 6.86. The number of imide groups is 1. The molecule has 0 bridgehead atoms. The lowest BCUT2D eigenvalue weighted by molar-refractivity contribution is -0.122. The van der Waals surface area contributed by atoms with Crippen LogP contribution < -0.4 is 21.7 Å². The van der Waals surface area contributed by atoms with E-state index >= 15 is 0 Å². The van der Waals surface area contributed by atoms with E-state index in [-0.39, 0.29) is 12.5 Å². The van der Waals surface area contributed by atoms with Gasteiger partial charge in [0.25, 0.3) is 0 Å². The van der Waals surface area contributed by atoms with Crippen LogP contribution in [0.1, 0.15) is 20.3 Å². The number of nitrogens with two attached hydrogens (primary N) is 1. The van der Waals surface area contributed by atoms with Crippen LogP contribution in [-0.4, -0.2) is 37.0 Å². The minimum absolute atomic E-state index is 0.0212. The highest BCUT2D eigenvalue weighted by Gasteiger charge is 2.14. The molecule has 7 heteroatoms. The maximum atomic E-state index is 11.2. The summed E-state index contributed by atoms with van der Waals surface area (Å²) in [7, 11) is 0. The molecule has 1 atom stereocenters. The maximum Gasteiger partial charge on any atom is 0.318 e. The molecule has 1 unspecified atom stereocenters. The van der Waals surface area contributed by atoms with Crippen molar-refractivity contribution in [2.24, 2.45) is 5.73 Å². The highest BCUT2D eigenvalue weighted by Crippen LogP contribution is 1.81. The topological polar surface area (TPSA) is 113 Å². The fraction of sp³-hybridized carbons (Fsp3) is 0.667. The molecule has 4 amide bonds. The Morgan fingerprint density at radius 3 is 2.44 bits per heavy atom. The zero-order valence-electron chi connectivity index (χ0n) is 9.50. The summed E-state index contributed by atoms with van der Waals surface area (Å²) in [5.41, 5.74) is 4.77. The van der Waals surface area contributed by atoms with Crippen molar-refractivity contribution >= 4 is 17.8 Å². The Morgan fingerprint density at radius 1 is 1.31 bits per heavy atom. The molecule has 0 heterocycles.